The molecule has 0 aliphatic heterocycles. The molecule has 2 nitrogen and oxygen atoms in total. The molecule has 0 rings (SSSR count). The average molecular weight is 84.9 g/mol. The van der Waals surface area contributed by atoms with Crippen molar-refractivity contribution in [3.63, 3.8) is 0 Å². The van der Waals surface area contributed by atoms with E-state index in [1.807, 2.05) is 0 Å². The molecule has 3 heteroatoms. The van der Waals surface area contributed by atoms with Gasteiger partial charge in [-0.2, -0.15) is 0 Å². The van der Waals surface area contributed by atoms with Gasteiger partial charge < -0.3 is 9.68 Å². The molecule has 0 atom stereocenters. The van der Waals surface area contributed by atoms with Gasteiger partial charge >= 0.3 is 7.69 Å². The normalized spacial score (nSPS) is 7.50. The van der Waals surface area contributed by atoms with E-state index in [9.17, 15) is 0 Å². The second kappa shape index (κ2) is 4.72. The van der Waals surface area contributed by atoms with Crippen LogP contribution in [0.25, 0.3) is 0 Å². The largest absolute Gasteiger partial charge is 0.485 e. The summed E-state index contributed by atoms with van der Waals surface area (Å²) in [5, 5.41) is 7.80. The molecule has 1 radical (unpaired) electrons. The molecule has 0 saturated heterocycles. The minimum atomic E-state index is 0.372. The van der Waals surface area contributed by atoms with E-state index in [0.717, 1.165) is 0 Å². The van der Waals surface area contributed by atoms with Crippen molar-refractivity contribution in [2.75, 3.05) is 6.61 Å². The van der Waals surface area contributed by atoms with E-state index in [4.69, 9.17) is 5.02 Å². The van der Waals surface area contributed by atoms with Gasteiger partial charge in [0.15, 0.2) is 0 Å². The molecule has 0 aromatic rings. The van der Waals surface area contributed by atoms with Gasteiger partial charge in [-0.05, 0) is 0 Å². The number of hydrogen-bond donors (Lipinski definition) is 1. The SMILES string of the molecule is C=CCO[B]O. The van der Waals surface area contributed by atoms with E-state index in [2.05, 4.69) is 11.2 Å². The highest BCUT2D eigenvalue weighted by molar-refractivity contribution is 6.15. The molecule has 0 fully saturated rings. The van der Waals surface area contributed by atoms with Crippen molar-refractivity contribution >= 4 is 7.69 Å². The topological polar surface area (TPSA) is 29.5 Å². The van der Waals surface area contributed by atoms with Crippen molar-refractivity contribution in [3.05, 3.63) is 12.7 Å². The fourth-order valence-corrected chi connectivity index (χ4v) is 0.111. The summed E-state index contributed by atoms with van der Waals surface area (Å²) in [4.78, 5) is 0. The molecule has 0 heterocycles. The molecule has 1 N–H and O–H groups in total. The van der Waals surface area contributed by atoms with Gasteiger partial charge in [-0.3, -0.25) is 0 Å². The second-order valence-electron chi connectivity index (χ2n) is 0.727. The Morgan fingerprint density at radius 1 is 2.00 bits per heavy atom. The van der Waals surface area contributed by atoms with Crippen LogP contribution in [0.4, 0.5) is 0 Å². The van der Waals surface area contributed by atoms with E-state index < -0.39 is 0 Å². The van der Waals surface area contributed by atoms with Crippen LogP contribution in [0.5, 0.6) is 0 Å². The Balaban J connectivity index is 2.49. The van der Waals surface area contributed by atoms with Crippen LogP contribution in [-0.4, -0.2) is 19.3 Å². The maximum absolute atomic E-state index is 7.80. The molecular formula is C3H6BO2. The van der Waals surface area contributed by atoms with Crippen LogP contribution in [0.1, 0.15) is 0 Å². The van der Waals surface area contributed by atoms with Crippen molar-refractivity contribution in [2.45, 2.75) is 0 Å². The van der Waals surface area contributed by atoms with Crippen molar-refractivity contribution < 1.29 is 9.68 Å². The first kappa shape index (κ1) is 5.72. The lowest BCUT2D eigenvalue weighted by molar-refractivity contribution is 0.321. The summed E-state index contributed by atoms with van der Waals surface area (Å²) < 4.78 is 4.30. The summed E-state index contributed by atoms with van der Waals surface area (Å²) in [6.45, 7) is 3.71. The fraction of sp³-hybridized carbons (Fsp3) is 0.333. The van der Waals surface area contributed by atoms with Crippen LogP contribution in [-0.2, 0) is 4.65 Å². The van der Waals surface area contributed by atoms with E-state index >= 15 is 0 Å². The summed E-state index contributed by atoms with van der Waals surface area (Å²) >= 11 is 0. The second-order valence-corrected chi connectivity index (χ2v) is 0.727. The molecule has 0 aromatic carbocycles. The first-order chi connectivity index (χ1) is 2.91. The van der Waals surface area contributed by atoms with Crippen molar-refractivity contribution in [1.29, 1.82) is 0 Å². The third-order valence-corrected chi connectivity index (χ3v) is 0.289. The molecule has 0 spiro atoms. The van der Waals surface area contributed by atoms with Crippen molar-refractivity contribution in [3.8, 4) is 0 Å². The smallest absolute Gasteiger partial charge is 0.429 e. The molecular weight excluding hydrogens is 78.8 g/mol. The lowest BCUT2D eigenvalue weighted by Gasteiger charge is -1.84. The molecule has 0 amide bonds. The molecule has 0 bridgehead atoms. The molecule has 0 aromatic heterocycles. The molecule has 6 heavy (non-hydrogen) atoms. The van der Waals surface area contributed by atoms with Gasteiger partial charge in [0.05, 0.1) is 0 Å². The standard InChI is InChI=1S/C3H6BO2/c1-2-3-6-4-5/h2,5H,1,3H2. The average Bonchev–Trinajstić information content (AvgIpc) is 1.61. The summed E-state index contributed by atoms with van der Waals surface area (Å²) in [5.74, 6) is 0. The highest BCUT2D eigenvalue weighted by atomic mass is 16.5. The highest BCUT2D eigenvalue weighted by Crippen LogP contribution is 1.64. The van der Waals surface area contributed by atoms with Crippen LogP contribution >= 0.6 is 0 Å². The molecule has 0 aliphatic carbocycles. The Labute approximate surface area is 37.7 Å². The zero-order valence-corrected chi connectivity index (χ0v) is 3.42. The first-order valence-electron chi connectivity index (χ1n) is 1.60. The maximum Gasteiger partial charge on any atom is 0.485 e. The van der Waals surface area contributed by atoms with Gasteiger partial charge in [-0.25, -0.2) is 0 Å². The van der Waals surface area contributed by atoms with E-state index in [1.165, 1.54) is 0 Å². The van der Waals surface area contributed by atoms with E-state index in [-0.39, 0.29) is 0 Å². The van der Waals surface area contributed by atoms with Crippen molar-refractivity contribution in [1.82, 2.24) is 0 Å². The molecule has 0 saturated carbocycles. The van der Waals surface area contributed by atoms with Gasteiger partial charge in [-0.15, -0.1) is 6.58 Å². The maximum atomic E-state index is 7.80. The quantitative estimate of drug-likeness (QED) is 0.290. The third-order valence-electron chi connectivity index (χ3n) is 0.289. The van der Waals surface area contributed by atoms with Gasteiger partial charge in [-0.1, -0.05) is 6.08 Å². The Kier molecular flexibility index (Phi) is 4.51. The van der Waals surface area contributed by atoms with Crippen LogP contribution in [0.2, 0.25) is 0 Å². The molecule has 33 valence electrons. The molecule has 0 unspecified atom stereocenters. The summed E-state index contributed by atoms with van der Waals surface area (Å²) in [6, 6.07) is 0. The Bertz CT molecular complexity index is 37.8. The van der Waals surface area contributed by atoms with Gasteiger partial charge in [0, 0.05) is 6.61 Å². The van der Waals surface area contributed by atoms with Gasteiger partial charge in [0.2, 0.25) is 0 Å². The van der Waals surface area contributed by atoms with Crippen LogP contribution in [0.15, 0.2) is 12.7 Å². The predicted octanol–water partition coefficient (Wildman–Crippen LogP) is -0.285. The van der Waals surface area contributed by atoms with Crippen LogP contribution < -0.4 is 0 Å². The summed E-state index contributed by atoms with van der Waals surface area (Å²) in [5.41, 5.74) is 0. The highest BCUT2D eigenvalue weighted by Gasteiger charge is 1.76. The predicted molar refractivity (Wildman–Crippen MR) is 24.1 cm³/mol. The fourth-order valence-electron chi connectivity index (χ4n) is 0.111. The van der Waals surface area contributed by atoms with Crippen LogP contribution in [0, 0.1) is 0 Å². The zero-order chi connectivity index (χ0) is 4.83. The van der Waals surface area contributed by atoms with Gasteiger partial charge in [0.25, 0.3) is 0 Å². The lowest BCUT2D eigenvalue weighted by atomic mass is 10.4. The zero-order valence-electron chi connectivity index (χ0n) is 3.42. The third kappa shape index (κ3) is 3.72. The van der Waals surface area contributed by atoms with E-state index in [0.29, 0.717) is 14.3 Å². The minimum Gasteiger partial charge on any atom is -0.429 e. The first-order valence-corrected chi connectivity index (χ1v) is 1.60. The molecule has 0 aliphatic rings. The summed E-state index contributed by atoms with van der Waals surface area (Å²) in [6.07, 6.45) is 1.55. The van der Waals surface area contributed by atoms with Gasteiger partial charge in [0.1, 0.15) is 0 Å². The Morgan fingerprint density at radius 3 is 2.83 bits per heavy atom. The van der Waals surface area contributed by atoms with Crippen LogP contribution in [0.3, 0.4) is 0 Å². The monoisotopic (exact) mass is 85.0 g/mol. The van der Waals surface area contributed by atoms with E-state index in [1.54, 1.807) is 6.08 Å². The number of hydrogen-bond acceptors (Lipinski definition) is 2. The minimum absolute atomic E-state index is 0.372. The Hall–Kier alpha value is -0.275. The number of rotatable bonds is 3. The summed E-state index contributed by atoms with van der Waals surface area (Å²) in [7, 11) is 0.641. The lowest BCUT2D eigenvalue weighted by Crippen LogP contribution is -1.94. The van der Waals surface area contributed by atoms with Crippen molar-refractivity contribution in [2.24, 2.45) is 0 Å². The Morgan fingerprint density at radius 2 is 2.67 bits per heavy atom.